The van der Waals surface area contributed by atoms with Crippen molar-refractivity contribution < 1.29 is 0 Å². The molecule has 0 N–H and O–H groups in total. The highest BCUT2D eigenvalue weighted by Gasteiger charge is 2.28. The Morgan fingerprint density at radius 2 is 0.923 bits per heavy atom. The molecule has 0 aliphatic heterocycles. The van der Waals surface area contributed by atoms with Crippen LogP contribution in [0.25, 0.3) is 27.0 Å². The van der Waals surface area contributed by atoms with Crippen molar-refractivity contribution in [2.45, 2.75) is 19.3 Å². The van der Waals surface area contributed by atoms with E-state index in [4.69, 9.17) is 0 Å². The summed E-state index contributed by atoms with van der Waals surface area (Å²) in [5.41, 5.74) is 6.07. The maximum atomic E-state index is 2.32. The van der Waals surface area contributed by atoms with Gasteiger partial charge in [-0.1, -0.05) is 98.5 Å². The molecule has 0 spiro atoms. The minimum atomic E-state index is -0.494. The maximum Gasteiger partial charge on any atom is 0.00971 e. The molecule has 26 heavy (non-hydrogen) atoms. The topological polar surface area (TPSA) is 0 Å². The predicted molar refractivity (Wildman–Crippen MR) is 113 cm³/mol. The van der Waals surface area contributed by atoms with E-state index in [-0.39, 0.29) is 0 Å². The van der Waals surface area contributed by atoms with Crippen LogP contribution < -0.4 is 0 Å². The van der Waals surface area contributed by atoms with Gasteiger partial charge >= 0.3 is 0 Å². The first-order chi connectivity index (χ1) is 12.9. The average Bonchev–Trinajstić information content (AvgIpc) is 3.30. The molecule has 0 radical (unpaired) electrons. The van der Waals surface area contributed by atoms with Gasteiger partial charge in [0, 0.05) is 10.6 Å². The van der Waals surface area contributed by atoms with Gasteiger partial charge in [0.15, 0.2) is 0 Å². The Balaban J connectivity index is 1.89. The SMILES string of the molecule is c1ccc(-c2c3c(c(-c4ccccc4)p2-c2ccccc2)CCC3)cc1. The molecule has 1 aliphatic carbocycles. The highest BCUT2D eigenvalue weighted by molar-refractivity contribution is 7.63. The molecule has 0 saturated carbocycles. The minimum absolute atomic E-state index is 0.494. The minimum Gasteiger partial charge on any atom is -0.0767 e. The van der Waals surface area contributed by atoms with Gasteiger partial charge in [-0.15, -0.1) is 0 Å². The van der Waals surface area contributed by atoms with E-state index >= 15 is 0 Å². The summed E-state index contributed by atoms with van der Waals surface area (Å²) >= 11 is 0. The lowest BCUT2D eigenvalue weighted by molar-refractivity contribution is 0.912. The average molecular weight is 352 g/mol. The van der Waals surface area contributed by atoms with E-state index in [1.807, 2.05) is 0 Å². The van der Waals surface area contributed by atoms with Crippen LogP contribution in [0, 0.1) is 0 Å². The number of benzene rings is 3. The summed E-state index contributed by atoms with van der Waals surface area (Å²) in [6, 6.07) is 33.3. The molecule has 0 fully saturated rings. The number of hydrogen-bond acceptors (Lipinski definition) is 0. The van der Waals surface area contributed by atoms with E-state index < -0.39 is 7.53 Å². The highest BCUT2D eigenvalue weighted by atomic mass is 31.1. The van der Waals surface area contributed by atoms with Gasteiger partial charge in [-0.25, -0.2) is 0 Å². The molecule has 1 aliphatic rings. The molecule has 0 amide bonds. The molecule has 4 aromatic rings. The Labute approximate surface area is 156 Å². The fraction of sp³-hybridized carbons (Fsp3) is 0.120. The van der Waals surface area contributed by atoms with E-state index in [1.165, 1.54) is 35.7 Å². The van der Waals surface area contributed by atoms with Crippen molar-refractivity contribution in [3.05, 3.63) is 102 Å². The molecule has 0 atom stereocenters. The summed E-state index contributed by atoms with van der Waals surface area (Å²) in [6.45, 7) is 0. The smallest absolute Gasteiger partial charge is 0.00971 e. The predicted octanol–water partition coefficient (Wildman–Crippen LogP) is 7.49. The van der Waals surface area contributed by atoms with Gasteiger partial charge in [0.05, 0.1) is 0 Å². The Morgan fingerprint density at radius 1 is 0.500 bits per heavy atom. The zero-order chi connectivity index (χ0) is 17.3. The normalized spacial score (nSPS) is 12.9. The monoisotopic (exact) mass is 352 g/mol. The molecular formula is C25H21P. The molecular weight excluding hydrogens is 331 g/mol. The van der Waals surface area contributed by atoms with Gasteiger partial charge in [-0.2, -0.15) is 0 Å². The van der Waals surface area contributed by atoms with Crippen molar-refractivity contribution in [3.8, 4) is 27.0 Å². The lowest BCUT2D eigenvalue weighted by Gasteiger charge is -2.13. The number of hydrogen-bond donors (Lipinski definition) is 0. The van der Waals surface area contributed by atoms with Crippen molar-refractivity contribution in [2.24, 2.45) is 0 Å². The summed E-state index contributed by atoms with van der Waals surface area (Å²) in [5.74, 6) is 0. The lowest BCUT2D eigenvalue weighted by Crippen LogP contribution is -1.81. The van der Waals surface area contributed by atoms with Crippen molar-refractivity contribution in [1.82, 2.24) is 0 Å². The fourth-order valence-electron chi connectivity index (χ4n) is 4.28. The molecule has 0 unspecified atom stereocenters. The van der Waals surface area contributed by atoms with Gasteiger partial charge in [0.2, 0.25) is 0 Å². The Hall–Kier alpha value is -2.56. The van der Waals surface area contributed by atoms with E-state index in [1.54, 1.807) is 21.7 Å². The summed E-state index contributed by atoms with van der Waals surface area (Å²) in [6.07, 6.45) is 3.73. The van der Waals surface area contributed by atoms with Crippen molar-refractivity contribution >= 4 is 7.53 Å². The quantitative estimate of drug-likeness (QED) is 0.358. The van der Waals surface area contributed by atoms with Crippen LogP contribution in [0.2, 0.25) is 0 Å². The fourth-order valence-corrected chi connectivity index (χ4v) is 7.34. The summed E-state index contributed by atoms with van der Waals surface area (Å²) in [7, 11) is -0.494. The maximum absolute atomic E-state index is 2.32. The third-order valence-corrected chi connectivity index (χ3v) is 8.11. The molecule has 3 aromatic carbocycles. The summed E-state index contributed by atoms with van der Waals surface area (Å²) in [5, 5.41) is 4.66. The molecule has 0 nitrogen and oxygen atoms in total. The highest BCUT2D eigenvalue weighted by Crippen LogP contribution is 2.62. The second kappa shape index (κ2) is 6.63. The van der Waals surface area contributed by atoms with E-state index in [0.29, 0.717) is 0 Å². The van der Waals surface area contributed by atoms with Crippen LogP contribution in [-0.4, -0.2) is 0 Å². The first-order valence-electron chi connectivity index (χ1n) is 9.36. The van der Waals surface area contributed by atoms with Crippen molar-refractivity contribution in [3.63, 3.8) is 0 Å². The van der Waals surface area contributed by atoms with Crippen molar-refractivity contribution in [2.75, 3.05) is 0 Å². The Kier molecular flexibility index (Phi) is 4.00. The second-order valence-corrected chi connectivity index (χ2v) is 8.99. The molecule has 5 rings (SSSR count). The van der Waals surface area contributed by atoms with Crippen LogP contribution >= 0.6 is 7.53 Å². The van der Waals surface area contributed by atoms with Crippen LogP contribution in [0.1, 0.15) is 17.5 Å². The van der Waals surface area contributed by atoms with Crippen LogP contribution in [0.5, 0.6) is 0 Å². The zero-order valence-electron chi connectivity index (χ0n) is 14.7. The van der Waals surface area contributed by atoms with Crippen LogP contribution in [-0.2, 0) is 12.8 Å². The summed E-state index contributed by atoms with van der Waals surface area (Å²) in [4.78, 5) is 0. The first-order valence-corrected chi connectivity index (χ1v) is 10.7. The van der Waals surface area contributed by atoms with Crippen LogP contribution in [0.4, 0.5) is 0 Å². The lowest BCUT2D eigenvalue weighted by atomic mass is 10.0. The third kappa shape index (κ3) is 2.54. The molecule has 1 heteroatoms. The second-order valence-electron chi connectivity index (χ2n) is 6.91. The van der Waals surface area contributed by atoms with Crippen LogP contribution in [0.3, 0.4) is 0 Å². The van der Waals surface area contributed by atoms with Crippen molar-refractivity contribution in [1.29, 1.82) is 0 Å². The van der Waals surface area contributed by atoms with Gasteiger partial charge < -0.3 is 0 Å². The molecule has 0 saturated heterocycles. The van der Waals surface area contributed by atoms with Gasteiger partial charge in [0.1, 0.15) is 0 Å². The summed E-state index contributed by atoms with van der Waals surface area (Å²) < 4.78 is 0. The van der Waals surface area contributed by atoms with Gasteiger partial charge in [0.25, 0.3) is 0 Å². The Morgan fingerprint density at radius 3 is 1.38 bits per heavy atom. The van der Waals surface area contributed by atoms with E-state index in [2.05, 4.69) is 91.0 Å². The van der Waals surface area contributed by atoms with E-state index in [0.717, 1.165) is 0 Å². The third-order valence-electron chi connectivity index (χ3n) is 5.35. The molecule has 1 aromatic heterocycles. The molecule has 1 heterocycles. The largest absolute Gasteiger partial charge is 0.0767 e. The van der Waals surface area contributed by atoms with Gasteiger partial charge in [-0.05, 0) is 46.8 Å². The zero-order valence-corrected chi connectivity index (χ0v) is 15.6. The standard InChI is InChI=1S/C25H21P/c1-4-11-19(12-5-1)24-22-17-10-18-23(22)25(20-13-6-2-7-14-20)26(24)21-15-8-3-9-16-21/h1-9,11-16H,10,17-18H2. The first kappa shape index (κ1) is 15.7. The van der Waals surface area contributed by atoms with Crippen LogP contribution in [0.15, 0.2) is 91.0 Å². The number of rotatable bonds is 3. The molecule has 0 bridgehead atoms. The van der Waals surface area contributed by atoms with E-state index in [9.17, 15) is 0 Å². The molecule has 126 valence electrons. The number of fused-ring (bicyclic) bond motifs is 1. The van der Waals surface area contributed by atoms with Gasteiger partial charge in [-0.3, -0.25) is 0 Å². The Bertz CT molecular complexity index is 963.